The molecule has 4 rings (SSSR count). The van der Waals surface area contributed by atoms with Crippen LogP contribution in [0.2, 0.25) is 0 Å². The Morgan fingerprint density at radius 3 is 2.92 bits per heavy atom. The zero-order valence-corrected chi connectivity index (χ0v) is 14.2. The molecule has 2 aromatic rings. The minimum atomic E-state index is -0.204. The van der Waals surface area contributed by atoms with E-state index in [1.807, 2.05) is 13.0 Å². The average Bonchev–Trinajstić information content (AvgIpc) is 3.33. The van der Waals surface area contributed by atoms with Crippen LogP contribution in [0.4, 0.5) is 10.6 Å². The first kappa shape index (κ1) is 15.9. The van der Waals surface area contributed by atoms with Gasteiger partial charge in [-0.05, 0) is 38.7 Å². The van der Waals surface area contributed by atoms with Crippen molar-refractivity contribution in [3.63, 3.8) is 0 Å². The maximum absolute atomic E-state index is 12.6. The molecule has 0 bridgehead atoms. The van der Waals surface area contributed by atoms with Crippen molar-refractivity contribution < 1.29 is 9.59 Å². The molecule has 8 heteroatoms. The highest BCUT2D eigenvalue weighted by atomic mass is 16.2. The number of hydrogen-bond donors (Lipinski definition) is 2. The summed E-state index contributed by atoms with van der Waals surface area (Å²) in [6.07, 6.45) is 5.46. The summed E-state index contributed by atoms with van der Waals surface area (Å²) in [5.74, 6) is 0.533. The normalized spacial score (nSPS) is 20.5. The maximum atomic E-state index is 12.6. The van der Waals surface area contributed by atoms with Crippen LogP contribution in [0.15, 0.2) is 18.3 Å². The minimum Gasteiger partial charge on any atom is -0.353 e. The van der Waals surface area contributed by atoms with Crippen molar-refractivity contribution in [2.24, 2.45) is 5.92 Å². The number of aryl methyl sites for hydroxylation is 1. The second kappa shape index (κ2) is 6.34. The molecule has 1 saturated heterocycles. The van der Waals surface area contributed by atoms with Crippen molar-refractivity contribution in [2.75, 3.05) is 18.4 Å². The van der Waals surface area contributed by atoms with Crippen molar-refractivity contribution in [1.29, 1.82) is 0 Å². The van der Waals surface area contributed by atoms with E-state index in [0.717, 1.165) is 31.4 Å². The smallest absolute Gasteiger partial charge is 0.323 e. The number of rotatable bonds is 3. The molecule has 1 saturated carbocycles. The van der Waals surface area contributed by atoms with Gasteiger partial charge in [0.2, 0.25) is 5.91 Å². The Balaban J connectivity index is 1.43. The number of likely N-dealkylation sites (tertiary alicyclic amines) is 1. The molecule has 1 aliphatic carbocycles. The molecule has 8 nitrogen and oxygen atoms in total. The molecule has 0 radical (unpaired) electrons. The van der Waals surface area contributed by atoms with Gasteiger partial charge in [0.05, 0.1) is 11.6 Å². The predicted octanol–water partition coefficient (Wildman–Crippen LogP) is 1.56. The first-order valence-electron chi connectivity index (χ1n) is 8.78. The van der Waals surface area contributed by atoms with Gasteiger partial charge in [0.25, 0.3) is 0 Å². The maximum Gasteiger partial charge on any atom is 0.323 e. The van der Waals surface area contributed by atoms with Crippen LogP contribution in [0.3, 0.4) is 0 Å². The fourth-order valence-corrected chi connectivity index (χ4v) is 3.22. The lowest BCUT2D eigenvalue weighted by Crippen LogP contribution is -2.47. The van der Waals surface area contributed by atoms with Crippen LogP contribution in [-0.2, 0) is 4.79 Å². The van der Waals surface area contributed by atoms with E-state index in [-0.39, 0.29) is 17.9 Å². The van der Waals surface area contributed by atoms with Crippen LogP contribution >= 0.6 is 0 Å². The van der Waals surface area contributed by atoms with Gasteiger partial charge in [-0.3, -0.25) is 10.1 Å². The molecule has 3 heterocycles. The third-order valence-corrected chi connectivity index (χ3v) is 4.72. The summed E-state index contributed by atoms with van der Waals surface area (Å²) in [5, 5.41) is 10.3. The zero-order valence-electron chi connectivity index (χ0n) is 14.2. The van der Waals surface area contributed by atoms with Gasteiger partial charge in [-0.25, -0.2) is 9.78 Å². The third kappa shape index (κ3) is 3.42. The highest BCUT2D eigenvalue weighted by Gasteiger charge is 2.32. The Morgan fingerprint density at radius 2 is 2.12 bits per heavy atom. The van der Waals surface area contributed by atoms with E-state index in [1.54, 1.807) is 21.7 Å². The van der Waals surface area contributed by atoms with Crippen LogP contribution in [0.5, 0.6) is 0 Å². The van der Waals surface area contributed by atoms with Crippen LogP contribution in [0, 0.1) is 12.8 Å². The highest BCUT2D eigenvalue weighted by molar-refractivity contribution is 5.89. The number of amides is 3. The van der Waals surface area contributed by atoms with Crippen LogP contribution < -0.4 is 10.6 Å². The molecule has 0 aromatic carbocycles. The van der Waals surface area contributed by atoms with E-state index < -0.39 is 0 Å². The largest absolute Gasteiger partial charge is 0.353 e. The van der Waals surface area contributed by atoms with E-state index >= 15 is 0 Å². The van der Waals surface area contributed by atoms with Gasteiger partial charge < -0.3 is 10.2 Å². The average molecular weight is 342 g/mol. The van der Waals surface area contributed by atoms with Crippen molar-refractivity contribution in [2.45, 2.75) is 38.6 Å². The fourth-order valence-electron chi connectivity index (χ4n) is 3.22. The molecule has 2 N–H and O–H groups in total. The van der Waals surface area contributed by atoms with Crippen LogP contribution in [-0.4, -0.2) is 50.6 Å². The lowest BCUT2D eigenvalue weighted by atomic mass is 9.97. The summed E-state index contributed by atoms with van der Waals surface area (Å²) in [6.45, 7) is 3.00. The van der Waals surface area contributed by atoms with Crippen molar-refractivity contribution >= 4 is 23.4 Å². The molecule has 0 spiro atoms. The number of aromatic nitrogens is 3. The van der Waals surface area contributed by atoms with E-state index in [9.17, 15) is 9.59 Å². The Hall–Kier alpha value is -2.64. The zero-order chi connectivity index (χ0) is 17.4. The molecule has 132 valence electrons. The standard InChI is InChI=1S/C17H22N6O2/c1-11-9-15-18-7-6-14(23(15)21-11)20-17(25)22-8-2-3-12(10-22)16(24)19-13-4-5-13/h6-7,9,12-13H,2-5,8,10H2,1H3,(H,19,24)(H,20,25). The highest BCUT2D eigenvalue weighted by Crippen LogP contribution is 2.22. The lowest BCUT2D eigenvalue weighted by molar-refractivity contribution is -0.126. The summed E-state index contributed by atoms with van der Waals surface area (Å²) in [6, 6.07) is 3.72. The lowest BCUT2D eigenvalue weighted by Gasteiger charge is -2.32. The monoisotopic (exact) mass is 342 g/mol. The van der Waals surface area contributed by atoms with Gasteiger partial charge in [-0.1, -0.05) is 0 Å². The quantitative estimate of drug-likeness (QED) is 0.885. The molecule has 1 unspecified atom stereocenters. The topological polar surface area (TPSA) is 91.6 Å². The number of hydrogen-bond acceptors (Lipinski definition) is 4. The van der Waals surface area contributed by atoms with Gasteiger partial charge in [-0.2, -0.15) is 9.61 Å². The SMILES string of the molecule is Cc1cc2nccc(NC(=O)N3CCCC(C(=O)NC4CC4)C3)n2n1. The number of carbonyl (C=O) groups excluding carboxylic acids is 2. The van der Waals surface area contributed by atoms with Crippen molar-refractivity contribution in [3.8, 4) is 0 Å². The van der Waals surface area contributed by atoms with E-state index in [1.165, 1.54) is 0 Å². The second-order valence-electron chi connectivity index (χ2n) is 6.88. The first-order valence-corrected chi connectivity index (χ1v) is 8.78. The van der Waals surface area contributed by atoms with E-state index in [0.29, 0.717) is 30.6 Å². The van der Waals surface area contributed by atoms with Crippen LogP contribution in [0.25, 0.3) is 5.65 Å². The number of urea groups is 1. The summed E-state index contributed by atoms with van der Waals surface area (Å²) < 4.78 is 1.62. The first-order chi connectivity index (χ1) is 12.1. The Morgan fingerprint density at radius 1 is 1.28 bits per heavy atom. The number of fused-ring (bicyclic) bond motifs is 1. The Kier molecular flexibility index (Phi) is 4.03. The van der Waals surface area contributed by atoms with Crippen LogP contribution in [0.1, 0.15) is 31.4 Å². The number of piperidine rings is 1. The summed E-state index contributed by atoms with van der Waals surface area (Å²) in [7, 11) is 0. The molecule has 2 fully saturated rings. The van der Waals surface area contributed by atoms with Gasteiger partial charge in [0.15, 0.2) is 5.65 Å². The molecular weight excluding hydrogens is 320 g/mol. The Labute approximate surface area is 145 Å². The van der Waals surface area contributed by atoms with Gasteiger partial charge in [0.1, 0.15) is 5.82 Å². The minimum absolute atomic E-state index is 0.0778. The third-order valence-electron chi connectivity index (χ3n) is 4.72. The predicted molar refractivity (Wildman–Crippen MR) is 92.2 cm³/mol. The van der Waals surface area contributed by atoms with Crippen molar-refractivity contribution in [1.82, 2.24) is 24.8 Å². The second-order valence-corrected chi connectivity index (χ2v) is 6.88. The molecule has 3 amide bonds. The van der Waals surface area contributed by atoms with Crippen molar-refractivity contribution in [3.05, 3.63) is 24.0 Å². The molecule has 25 heavy (non-hydrogen) atoms. The van der Waals surface area contributed by atoms with E-state index in [4.69, 9.17) is 0 Å². The molecule has 2 aliphatic rings. The molecule has 1 atom stereocenters. The summed E-state index contributed by atoms with van der Waals surface area (Å²) in [5.41, 5.74) is 1.53. The van der Waals surface area contributed by atoms with E-state index in [2.05, 4.69) is 20.7 Å². The summed E-state index contributed by atoms with van der Waals surface area (Å²) in [4.78, 5) is 30.8. The number of carbonyl (C=O) groups is 2. The fraction of sp³-hybridized carbons (Fsp3) is 0.529. The number of anilines is 1. The number of nitrogens with zero attached hydrogens (tertiary/aromatic N) is 4. The molecule has 2 aromatic heterocycles. The Bertz CT molecular complexity index is 813. The molecule has 1 aliphatic heterocycles. The summed E-state index contributed by atoms with van der Waals surface area (Å²) >= 11 is 0. The van der Waals surface area contributed by atoms with Gasteiger partial charge >= 0.3 is 6.03 Å². The van der Waals surface area contributed by atoms with Gasteiger partial charge in [0, 0.05) is 31.4 Å². The van der Waals surface area contributed by atoms with Gasteiger partial charge in [-0.15, -0.1) is 0 Å². The number of nitrogens with one attached hydrogen (secondary N) is 2. The molecular formula is C17H22N6O2.